The second-order valence-electron chi connectivity index (χ2n) is 6.16. The van der Waals surface area contributed by atoms with Gasteiger partial charge in [-0.05, 0) is 17.7 Å². The predicted molar refractivity (Wildman–Crippen MR) is 92.7 cm³/mol. The molecule has 0 spiro atoms. The molecule has 2 aliphatic heterocycles. The second kappa shape index (κ2) is 7.32. The van der Waals surface area contributed by atoms with Crippen LogP contribution >= 0.6 is 11.6 Å². The zero-order chi connectivity index (χ0) is 17.1. The molecule has 0 radical (unpaired) electrons. The van der Waals surface area contributed by atoms with E-state index in [0.29, 0.717) is 31.6 Å². The minimum atomic E-state index is -0.0423. The van der Waals surface area contributed by atoms with E-state index in [4.69, 9.17) is 11.6 Å². The summed E-state index contributed by atoms with van der Waals surface area (Å²) in [5, 5.41) is 6.13. The van der Waals surface area contributed by atoms with Gasteiger partial charge in [-0.1, -0.05) is 23.7 Å². The largest absolute Gasteiger partial charge is 0.335 e. The molecule has 0 saturated carbocycles. The number of hydrogen-bond acceptors (Lipinski definition) is 4. The lowest BCUT2D eigenvalue weighted by molar-refractivity contribution is -0.131. The van der Waals surface area contributed by atoms with Crippen LogP contribution in [0.1, 0.15) is 18.4 Å². The molecule has 128 valence electrons. The minimum absolute atomic E-state index is 0.0412. The molecule has 0 aliphatic carbocycles. The minimum Gasteiger partial charge on any atom is -0.335 e. The Balaban J connectivity index is 1.53. The van der Waals surface area contributed by atoms with Gasteiger partial charge in [0, 0.05) is 57.6 Å². The van der Waals surface area contributed by atoms with Gasteiger partial charge in [0.15, 0.2) is 0 Å². The van der Waals surface area contributed by atoms with Crippen molar-refractivity contribution in [2.24, 2.45) is 5.10 Å². The Morgan fingerprint density at radius 2 is 1.79 bits per heavy atom. The molecule has 7 heteroatoms. The number of rotatable bonds is 3. The lowest BCUT2D eigenvalue weighted by atomic mass is 10.1. The van der Waals surface area contributed by atoms with Gasteiger partial charge in [-0.15, -0.1) is 0 Å². The first kappa shape index (κ1) is 16.9. The van der Waals surface area contributed by atoms with Crippen LogP contribution in [0.5, 0.6) is 0 Å². The van der Waals surface area contributed by atoms with Crippen molar-refractivity contribution >= 4 is 29.1 Å². The van der Waals surface area contributed by atoms with Crippen LogP contribution in [-0.2, 0) is 16.1 Å². The Labute approximate surface area is 146 Å². The van der Waals surface area contributed by atoms with Crippen molar-refractivity contribution in [3.63, 3.8) is 0 Å². The molecule has 1 aromatic rings. The lowest BCUT2D eigenvalue weighted by Crippen LogP contribution is -2.51. The van der Waals surface area contributed by atoms with Gasteiger partial charge < -0.3 is 4.90 Å². The Kier molecular flexibility index (Phi) is 5.16. The topological polar surface area (TPSA) is 56.2 Å². The zero-order valence-corrected chi connectivity index (χ0v) is 14.5. The van der Waals surface area contributed by atoms with E-state index in [1.54, 1.807) is 7.05 Å². The normalized spacial score (nSPS) is 19.4. The Bertz CT molecular complexity index is 651. The number of carbonyl (C=O) groups is 2. The van der Waals surface area contributed by atoms with Crippen LogP contribution in [0.3, 0.4) is 0 Å². The van der Waals surface area contributed by atoms with E-state index >= 15 is 0 Å². The smallest absolute Gasteiger partial charge is 0.270 e. The van der Waals surface area contributed by atoms with Crippen molar-refractivity contribution in [2.75, 3.05) is 33.2 Å². The fraction of sp³-hybridized carbons (Fsp3) is 0.471. The van der Waals surface area contributed by atoms with E-state index in [2.05, 4.69) is 10.0 Å². The van der Waals surface area contributed by atoms with Crippen LogP contribution in [0.25, 0.3) is 0 Å². The van der Waals surface area contributed by atoms with E-state index in [-0.39, 0.29) is 11.8 Å². The van der Waals surface area contributed by atoms with Crippen LogP contribution in [-0.4, -0.2) is 65.6 Å². The van der Waals surface area contributed by atoms with Crippen LogP contribution in [0, 0.1) is 0 Å². The van der Waals surface area contributed by atoms with E-state index < -0.39 is 0 Å². The summed E-state index contributed by atoms with van der Waals surface area (Å²) in [5.41, 5.74) is 1.71. The SMILES string of the molecule is CN1N=C(C(=O)N2CCN(Cc3ccc(Cl)cc3)CC2)CCC1=O. The van der Waals surface area contributed by atoms with Crippen LogP contribution in [0.4, 0.5) is 0 Å². The summed E-state index contributed by atoms with van der Waals surface area (Å²) in [7, 11) is 1.60. The highest BCUT2D eigenvalue weighted by molar-refractivity contribution is 6.39. The van der Waals surface area contributed by atoms with Crippen molar-refractivity contribution in [3.05, 3.63) is 34.9 Å². The number of hydrazone groups is 1. The molecule has 0 N–H and O–H groups in total. The molecule has 6 nitrogen and oxygen atoms in total. The van der Waals surface area contributed by atoms with Crippen molar-refractivity contribution in [2.45, 2.75) is 19.4 Å². The number of carbonyl (C=O) groups excluding carboxylic acids is 2. The van der Waals surface area contributed by atoms with Crippen molar-refractivity contribution in [3.8, 4) is 0 Å². The molecule has 3 rings (SSSR count). The Morgan fingerprint density at radius 1 is 1.12 bits per heavy atom. The van der Waals surface area contributed by atoms with Gasteiger partial charge in [0.25, 0.3) is 5.91 Å². The first-order valence-electron chi connectivity index (χ1n) is 8.13. The molecular weight excluding hydrogens is 328 g/mol. The van der Waals surface area contributed by atoms with Crippen molar-refractivity contribution in [1.82, 2.24) is 14.8 Å². The second-order valence-corrected chi connectivity index (χ2v) is 6.60. The van der Waals surface area contributed by atoms with E-state index in [1.165, 1.54) is 10.6 Å². The third-order valence-electron chi connectivity index (χ3n) is 4.43. The molecular formula is C17H21ClN4O2. The first-order valence-corrected chi connectivity index (χ1v) is 8.51. The molecule has 0 atom stereocenters. The number of halogens is 1. The summed E-state index contributed by atoms with van der Waals surface area (Å²) < 4.78 is 0. The lowest BCUT2D eigenvalue weighted by Gasteiger charge is -2.35. The highest BCUT2D eigenvalue weighted by atomic mass is 35.5. The molecule has 0 aromatic heterocycles. The standard InChI is InChI=1S/C17H21ClN4O2/c1-20-16(23)7-6-15(19-20)17(24)22-10-8-21(9-11-22)12-13-2-4-14(18)5-3-13/h2-5H,6-12H2,1H3. The van der Waals surface area contributed by atoms with Gasteiger partial charge in [0.05, 0.1) is 0 Å². The maximum absolute atomic E-state index is 12.5. The van der Waals surface area contributed by atoms with Crippen molar-refractivity contribution < 1.29 is 9.59 Å². The summed E-state index contributed by atoms with van der Waals surface area (Å²) in [6.07, 6.45) is 0.796. The quantitative estimate of drug-likeness (QED) is 0.833. The summed E-state index contributed by atoms with van der Waals surface area (Å²) in [6, 6.07) is 7.86. The van der Waals surface area contributed by atoms with Gasteiger partial charge in [0.2, 0.25) is 5.91 Å². The van der Waals surface area contributed by atoms with Gasteiger partial charge in [-0.3, -0.25) is 14.5 Å². The van der Waals surface area contributed by atoms with Crippen LogP contribution in [0.15, 0.2) is 29.4 Å². The van der Waals surface area contributed by atoms with Crippen molar-refractivity contribution in [1.29, 1.82) is 0 Å². The average Bonchev–Trinajstić information content (AvgIpc) is 2.59. The predicted octanol–water partition coefficient (Wildman–Crippen LogP) is 1.59. The molecule has 1 fully saturated rings. The molecule has 1 aromatic carbocycles. The Morgan fingerprint density at radius 3 is 2.42 bits per heavy atom. The maximum Gasteiger partial charge on any atom is 0.270 e. The summed E-state index contributed by atoms with van der Waals surface area (Å²) in [5.74, 6) is -0.0835. The molecule has 24 heavy (non-hydrogen) atoms. The molecule has 1 saturated heterocycles. The highest BCUT2D eigenvalue weighted by Gasteiger charge is 2.28. The van der Waals surface area contributed by atoms with Crippen LogP contribution in [0.2, 0.25) is 5.02 Å². The maximum atomic E-state index is 12.5. The number of piperazine rings is 1. The zero-order valence-electron chi connectivity index (χ0n) is 13.7. The fourth-order valence-electron chi connectivity index (χ4n) is 2.96. The Hall–Kier alpha value is -1.92. The van der Waals surface area contributed by atoms with Gasteiger partial charge >= 0.3 is 0 Å². The molecule has 0 bridgehead atoms. The molecule has 0 unspecified atom stereocenters. The third kappa shape index (κ3) is 3.94. The van der Waals surface area contributed by atoms with E-state index in [1.807, 2.05) is 29.2 Å². The molecule has 2 heterocycles. The highest BCUT2D eigenvalue weighted by Crippen LogP contribution is 2.14. The van der Waals surface area contributed by atoms with Gasteiger partial charge in [-0.2, -0.15) is 5.10 Å². The fourth-order valence-corrected chi connectivity index (χ4v) is 3.09. The van der Waals surface area contributed by atoms with Gasteiger partial charge in [-0.25, -0.2) is 5.01 Å². The van der Waals surface area contributed by atoms with Crippen LogP contribution < -0.4 is 0 Å². The molecule has 2 aliphatic rings. The van der Waals surface area contributed by atoms with Gasteiger partial charge in [0.1, 0.15) is 5.71 Å². The summed E-state index contributed by atoms with van der Waals surface area (Å²) in [6.45, 7) is 3.89. The summed E-state index contributed by atoms with van der Waals surface area (Å²) in [4.78, 5) is 28.1. The number of nitrogens with zero attached hydrogens (tertiary/aromatic N) is 4. The number of amides is 2. The van der Waals surface area contributed by atoms with E-state index in [0.717, 1.165) is 24.7 Å². The first-order chi connectivity index (χ1) is 11.5. The number of hydrogen-bond donors (Lipinski definition) is 0. The van der Waals surface area contributed by atoms with E-state index in [9.17, 15) is 9.59 Å². The third-order valence-corrected chi connectivity index (χ3v) is 4.69. The average molecular weight is 349 g/mol. The monoisotopic (exact) mass is 348 g/mol. The molecule has 2 amide bonds. The number of benzene rings is 1. The summed E-state index contributed by atoms with van der Waals surface area (Å²) >= 11 is 5.91.